The van der Waals surface area contributed by atoms with Gasteiger partial charge in [-0.3, -0.25) is 0 Å². The van der Waals surface area contributed by atoms with Crippen LogP contribution in [-0.4, -0.2) is 0 Å². The molecule has 9 aliphatic rings. The monoisotopic (exact) mass is 726 g/mol. The summed E-state index contributed by atoms with van der Waals surface area (Å²) in [7, 11) is 0. The quantitative estimate of drug-likeness (QED) is 0.113. The third kappa shape index (κ3) is 3.28. The average molecular weight is 727 g/mol. The van der Waals surface area contributed by atoms with E-state index in [-0.39, 0.29) is 0 Å². The third-order valence-electron chi connectivity index (χ3n) is 16.4. The second kappa shape index (κ2) is 9.64. The number of unbranched alkanes of at least 4 members (excludes halogenated alkanes) is 3. The SMILES string of the molecule is CCCCCCC12CCC(c3ccc(-c4ccc(-c5ccc(C67C8C9C6C6C7C8C96c6ccc(I)cc6)cc5)cc4)cc3)(CC1)CC2. The minimum atomic E-state index is 0.447. The van der Waals surface area contributed by atoms with Crippen molar-refractivity contribution in [2.24, 2.45) is 40.9 Å². The first-order chi connectivity index (χ1) is 23.1. The van der Waals surface area contributed by atoms with Gasteiger partial charge < -0.3 is 0 Å². The Morgan fingerprint density at radius 3 is 1.28 bits per heavy atom. The summed E-state index contributed by atoms with van der Waals surface area (Å²) in [5, 5.41) is 0. The Hall–Kier alpha value is -2.39. The normalized spacial score (nSPS) is 40.4. The fourth-order valence-corrected chi connectivity index (χ4v) is 14.6. The smallest absolute Gasteiger partial charge is 0.0130 e. The molecule has 238 valence electrons. The first kappa shape index (κ1) is 28.4. The Kier molecular flexibility index (Phi) is 5.84. The topological polar surface area (TPSA) is 0 Å². The van der Waals surface area contributed by atoms with Gasteiger partial charge in [0.05, 0.1) is 0 Å². The summed E-state index contributed by atoms with van der Waals surface area (Å²) in [6.07, 6.45) is 15.8. The lowest BCUT2D eigenvalue weighted by Crippen LogP contribution is -3.12. The molecule has 0 saturated heterocycles. The van der Waals surface area contributed by atoms with Crippen LogP contribution in [0.3, 0.4) is 0 Å². The standard InChI is InChI=1S/C46H47I/c1-2-3-4-5-22-43-23-26-44(27-24-43,28-25-43)33-14-10-31(11-15-33)29-6-8-30(9-7-29)32-12-16-34(17-13-32)45-37-40-38(45)42-39(45)41(37)46(40,42)35-18-20-36(47)21-19-35/h6-21,37-42H,2-5,22-28H2,1H3. The lowest BCUT2D eigenvalue weighted by Gasteiger charge is -3.12. The minimum Gasteiger partial charge on any atom is -0.0654 e. The Morgan fingerprint density at radius 2 is 0.851 bits per heavy atom. The van der Waals surface area contributed by atoms with E-state index in [2.05, 4.69) is 127 Å². The van der Waals surface area contributed by atoms with Crippen molar-refractivity contribution in [3.8, 4) is 22.3 Å². The van der Waals surface area contributed by atoms with Gasteiger partial charge in [-0.2, -0.15) is 0 Å². The molecule has 0 amide bonds. The molecule has 1 heteroatoms. The molecule has 0 unspecified atom stereocenters. The van der Waals surface area contributed by atoms with Crippen molar-refractivity contribution in [2.75, 3.05) is 0 Å². The number of hydrogen-bond acceptors (Lipinski definition) is 0. The van der Waals surface area contributed by atoms with E-state index in [4.69, 9.17) is 0 Å². The van der Waals surface area contributed by atoms with Gasteiger partial charge in [0.25, 0.3) is 0 Å². The van der Waals surface area contributed by atoms with Crippen molar-refractivity contribution < 1.29 is 0 Å². The third-order valence-corrected chi connectivity index (χ3v) is 17.1. The minimum absolute atomic E-state index is 0.447. The first-order valence-electron chi connectivity index (χ1n) is 19.1. The molecule has 0 N–H and O–H groups in total. The molecule has 0 aromatic heterocycles. The van der Waals surface area contributed by atoms with Crippen molar-refractivity contribution in [1.82, 2.24) is 0 Å². The molecule has 13 rings (SSSR count). The fourth-order valence-electron chi connectivity index (χ4n) is 14.2. The van der Waals surface area contributed by atoms with E-state index < -0.39 is 0 Å². The maximum absolute atomic E-state index is 2.51. The van der Waals surface area contributed by atoms with E-state index in [1.54, 1.807) is 16.7 Å². The van der Waals surface area contributed by atoms with Crippen LogP contribution in [-0.2, 0) is 16.2 Å². The highest BCUT2D eigenvalue weighted by molar-refractivity contribution is 14.1. The molecule has 47 heavy (non-hydrogen) atoms. The van der Waals surface area contributed by atoms with Gasteiger partial charge >= 0.3 is 0 Å². The van der Waals surface area contributed by atoms with Crippen molar-refractivity contribution in [3.05, 3.63) is 117 Å². The zero-order valence-electron chi connectivity index (χ0n) is 27.9. The van der Waals surface area contributed by atoms with Crippen molar-refractivity contribution in [1.29, 1.82) is 0 Å². The van der Waals surface area contributed by atoms with Gasteiger partial charge in [-0.15, -0.1) is 0 Å². The maximum Gasteiger partial charge on any atom is 0.0130 e. The second-order valence-corrected chi connectivity index (χ2v) is 18.6. The van der Waals surface area contributed by atoms with E-state index in [9.17, 15) is 0 Å². The molecule has 0 heterocycles. The number of hydrogen-bond donors (Lipinski definition) is 0. The van der Waals surface area contributed by atoms with Crippen LogP contribution in [0.25, 0.3) is 22.3 Å². The van der Waals surface area contributed by atoms with Crippen LogP contribution in [0.1, 0.15) is 94.2 Å². The lowest BCUT2D eigenvalue weighted by molar-refractivity contribution is -0.596. The summed E-state index contributed by atoms with van der Waals surface area (Å²) in [6, 6.07) is 38.6. The highest BCUT2D eigenvalue weighted by Gasteiger charge is 3.09. The number of rotatable bonds is 10. The second-order valence-electron chi connectivity index (χ2n) is 17.4. The van der Waals surface area contributed by atoms with Crippen molar-refractivity contribution >= 4 is 22.6 Å². The molecule has 0 nitrogen and oxygen atoms in total. The van der Waals surface area contributed by atoms with Gasteiger partial charge in [0.15, 0.2) is 0 Å². The van der Waals surface area contributed by atoms with Gasteiger partial charge in [0, 0.05) is 14.4 Å². The molecule has 4 aromatic carbocycles. The summed E-state index contributed by atoms with van der Waals surface area (Å²) in [5.74, 6) is 5.88. The van der Waals surface area contributed by atoms with Crippen LogP contribution in [0.15, 0.2) is 97.1 Å². The summed E-state index contributed by atoms with van der Waals surface area (Å²) in [5.41, 5.74) is 12.6. The molecular weight excluding hydrogens is 679 g/mol. The molecule has 0 spiro atoms. The van der Waals surface area contributed by atoms with Crippen LogP contribution in [0.4, 0.5) is 0 Å². The van der Waals surface area contributed by atoms with E-state index >= 15 is 0 Å². The average Bonchev–Trinajstić information content (AvgIpc) is 3.15. The molecule has 4 aromatic rings. The van der Waals surface area contributed by atoms with Gasteiger partial charge in [0.1, 0.15) is 0 Å². The molecule has 2 bridgehead atoms. The molecule has 0 radical (unpaired) electrons. The Morgan fingerprint density at radius 1 is 0.468 bits per heavy atom. The molecule has 0 aliphatic heterocycles. The molecule has 0 atom stereocenters. The maximum atomic E-state index is 2.51. The van der Waals surface area contributed by atoms with Crippen LogP contribution >= 0.6 is 22.6 Å². The predicted molar refractivity (Wildman–Crippen MR) is 201 cm³/mol. The number of fused-ring (bicyclic) bond motifs is 3. The van der Waals surface area contributed by atoms with Gasteiger partial charge in [0.2, 0.25) is 0 Å². The van der Waals surface area contributed by atoms with Gasteiger partial charge in [-0.05, 0) is 165 Å². The lowest BCUT2D eigenvalue weighted by atomic mass is 8.91. The summed E-state index contributed by atoms with van der Waals surface area (Å²) >= 11 is 2.45. The van der Waals surface area contributed by atoms with Crippen molar-refractivity contribution in [3.63, 3.8) is 0 Å². The Labute approximate surface area is 295 Å². The number of benzene rings is 4. The van der Waals surface area contributed by atoms with E-state index in [1.165, 1.54) is 96.5 Å². The highest BCUT2D eigenvalue weighted by Crippen LogP contribution is 3.09. The molecular formula is C46H47I. The zero-order valence-corrected chi connectivity index (χ0v) is 30.0. The first-order valence-corrected chi connectivity index (χ1v) is 20.2. The summed E-state index contributed by atoms with van der Waals surface area (Å²) in [6.45, 7) is 2.33. The summed E-state index contributed by atoms with van der Waals surface area (Å²) in [4.78, 5) is 0. The largest absolute Gasteiger partial charge is 0.0654 e. The van der Waals surface area contributed by atoms with Crippen LogP contribution in [0, 0.1) is 44.5 Å². The van der Waals surface area contributed by atoms with Gasteiger partial charge in [-0.25, -0.2) is 0 Å². The van der Waals surface area contributed by atoms with Crippen molar-refractivity contribution in [2.45, 2.75) is 93.8 Å². The predicted octanol–water partition coefficient (Wildman–Crippen LogP) is 12.1. The molecule has 9 saturated carbocycles. The molecule has 9 fully saturated rings. The Balaban J connectivity index is 0.750. The van der Waals surface area contributed by atoms with Crippen LogP contribution in [0.2, 0.25) is 0 Å². The van der Waals surface area contributed by atoms with E-state index in [1.807, 2.05) is 0 Å². The van der Waals surface area contributed by atoms with Crippen LogP contribution < -0.4 is 0 Å². The van der Waals surface area contributed by atoms with E-state index in [0.717, 1.165) is 35.5 Å². The van der Waals surface area contributed by atoms with Gasteiger partial charge in [-0.1, -0.05) is 118 Å². The Bertz CT molecular complexity index is 1780. The summed E-state index contributed by atoms with van der Waals surface area (Å²) < 4.78 is 1.37. The van der Waals surface area contributed by atoms with E-state index in [0.29, 0.717) is 21.7 Å². The van der Waals surface area contributed by atoms with Crippen LogP contribution in [0.5, 0.6) is 0 Å². The number of halogens is 1. The highest BCUT2D eigenvalue weighted by atomic mass is 127. The fraction of sp³-hybridized carbons (Fsp3) is 0.478. The molecule has 9 aliphatic carbocycles. The zero-order chi connectivity index (χ0) is 31.2.